The summed E-state index contributed by atoms with van der Waals surface area (Å²) in [7, 11) is 1.68. The molecule has 0 saturated heterocycles. The molecule has 1 amide bonds. The summed E-state index contributed by atoms with van der Waals surface area (Å²) in [5.74, 6) is -0.101. The molecular weight excluding hydrogens is 220 g/mol. The maximum Gasteiger partial charge on any atom is 0.278 e. The molecule has 2 rings (SSSR count). The van der Waals surface area contributed by atoms with Gasteiger partial charge < -0.3 is 9.84 Å². The van der Waals surface area contributed by atoms with E-state index in [2.05, 4.69) is 20.1 Å². The number of nitrogens with one attached hydrogen (secondary N) is 1. The Kier molecular flexibility index (Phi) is 2.42. The Morgan fingerprint density at radius 1 is 1.67 bits per heavy atom. The normalized spacial score (nSPS) is 10.3. The number of aryl methyl sites for hydroxylation is 1. The number of anilines is 1. The van der Waals surface area contributed by atoms with Crippen LogP contribution in [-0.2, 0) is 7.05 Å². The quantitative estimate of drug-likeness (QED) is 0.838. The molecule has 0 aliphatic carbocycles. The van der Waals surface area contributed by atoms with Crippen LogP contribution in [0.25, 0.3) is 0 Å². The van der Waals surface area contributed by atoms with Gasteiger partial charge >= 0.3 is 0 Å². The average molecular weight is 227 g/mol. The van der Waals surface area contributed by atoms with Crippen molar-refractivity contribution in [1.29, 1.82) is 0 Å². The van der Waals surface area contributed by atoms with Crippen LogP contribution in [0.3, 0.4) is 0 Å². The number of amides is 1. The fourth-order valence-corrected chi connectivity index (χ4v) is 1.33. The molecule has 0 saturated carbocycles. The van der Waals surface area contributed by atoms with Crippen LogP contribution in [0.2, 0.25) is 5.02 Å². The summed E-state index contributed by atoms with van der Waals surface area (Å²) < 4.78 is 6.02. The van der Waals surface area contributed by atoms with Gasteiger partial charge in [0.05, 0.1) is 5.02 Å². The van der Waals surface area contributed by atoms with Crippen molar-refractivity contribution in [3.8, 4) is 0 Å². The number of hydrogen-bond donors (Lipinski definition) is 1. The number of carbonyl (C=O) groups excluding carboxylic acids is 1. The maximum absolute atomic E-state index is 11.6. The molecule has 0 aliphatic heterocycles. The fourth-order valence-electron chi connectivity index (χ4n) is 1.07. The number of rotatable bonds is 2. The second-order valence-electron chi connectivity index (χ2n) is 2.84. The third-order valence-corrected chi connectivity index (χ3v) is 1.96. The Labute approximate surface area is 89.8 Å². The Morgan fingerprint density at radius 2 is 2.47 bits per heavy atom. The van der Waals surface area contributed by atoms with Crippen LogP contribution in [0.4, 0.5) is 5.82 Å². The summed E-state index contributed by atoms with van der Waals surface area (Å²) in [6.07, 6.45) is 2.90. The maximum atomic E-state index is 11.6. The molecule has 0 fully saturated rings. The Bertz CT molecular complexity index is 477. The largest absolute Gasteiger partial charge is 0.363 e. The van der Waals surface area contributed by atoms with Crippen LogP contribution < -0.4 is 5.32 Å². The first kappa shape index (κ1) is 9.72. The lowest BCUT2D eigenvalue weighted by atomic mass is 10.4. The minimum absolute atomic E-state index is 0.155. The first-order valence-corrected chi connectivity index (χ1v) is 4.45. The van der Waals surface area contributed by atoms with Crippen LogP contribution in [0.15, 0.2) is 23.0 Å². The van der Waals surface area contributed by atoms with Crippen molar-refractivity contribution >= 4 is 23.3 Å². The van der Waals surface area contributed by atoms with E-state index in [1.54, 1.807) is 13.2 Å². The van der Waals surface area contributed by atoms with Crippen molar-refractivity contribution in [3.63, 3.8) is 0 Å². The molecule has 2 aromatic heterocycles. The highest BCUT2D eigenvalue weighted by Crippen LogP contribution is 2.14. The SMILES string of the molecule is Cn1cc(Cl)c(C(=O)Nc2ccon2)n1. The molecule has 0 bridgehead atoms. The van der Waals surface area contributed by atoms with Crippen LogP contribution in [0.5, 0.6) is 0 Å². The van der Waals surface area contributed by atoms with Gasteiger partial charge in [0, 0.05) is 19.3 Å². The molecule has 0 radical (unpaired) electrons. The monoisotopic (exact) mass is 226 g/mol. The van der Waals surface area contributed by atoms with Gasteiger partial charge in [0.1, 0.15) is 6.26 Å². The molecule has 0 atom stereocenters. The van der Waals surface area contributed by atoms with Crippen LogP contribution in [-0.4, -0.2) is 20.8 Å². The summed E-state index contributed by atoms with van der Waals surface area (Å²) in [5, 5.41) is 10.2. The third kappa shape index (κ3) is 1.99. The van der Waals surface area contributed by atoms with E-state index < -0.39 is 5.91 Å². The molecule has 0 aromatic carbocycles. The molecule has 78 valence electrons. The molecule has 7 heteroatoms. The highest BCUT2D eigenvalue weighted by Gasteiger charge is 2.15. The average Bonchev–Trinajstić information content (AvgIpc) is 2.75. The number of nitrogens with zero attached hydrogens (tertiary/aromatic N) is 3. The van der Waals surface area contributed by atoms with E-state index in [1.807, 2.05) is 0 Å². The Hall–Kier alpha value is -1.82. The Balaban J connectivity index is 2.18. The number of carbonyl (C=O) groups is 1. The Morgan fingerprint density at radius 3 is 3.00 bits per heavy atom. The van der Waals surface area contributed by atoms with Crippen molar-refractivity contribution in [2.45, 2.75) is 0 Å². The molecule has 1 N–H and O–H groups in total. The van der Waals surface area contributed by atoms with Gasteiger partial charge in [-0.2, -0.15) is 5.10 Å². The van der Waals surface area contributed by atoms with Crippen molar-refractivity contribution in [3.05, 3.63) is 29.2 Å². The molecule has 0 aliphatic rings. The van der Waals surface area contributed by atoms with Gasteiger partial charge in [0.15, 0.2) is 11.5 Å². The first-order valence-electron chi connectivity index (χ1n) is 4.07. The van der Waals surface area contributed by atoms with Crippen molar-refractivity contribution < 1.29 is 9.32 Å². The van der Waals surface area contributed by atoms with Crippen molar-refractivity contribution in [2.75, 3.05) is 5.32 Å². The van der Waals surface area contributed by atoms with E-state index in [0.717, 1.165) is 0 Å². The summed E-state index contributed by atoms with van der Waals surface area (Å²) in [6.45, 7) is 0. The zero-order valence-corrected chi connectivity index (χ0v) is 8.52. The zero-order chi connectivity index (χ0) is 10.8. The van der Waals surface area contributed by atoms with E-state index in [9.17, 15) is 4.79 Å². The minimum atomic E-state index is -0.422. The highest BCUT2D eigenvalue weighted by atomic mass is 35.5. The second-order valence-corrected chi connectivity index (χ2v) is 3.25. The van der Waals surface area contributed by atoms with E-state index in [-0.39, 0.29) is 5.69 Å². The predicted octanol–water partition coefficient (Wildman–Crippen LogP) is 1.31. The fraction of sp³-hybridized carbons (Fsp3) is 0.125. The van der Waals surface area contributed by atoms with E-state index in [0.29, 0.717) is 10.8 Å². The van der Waals surface area contributed by atoms with Gasteiger partial charge in [-0.05, 0) is 0 Å². The molecule has 2 heterocycles. The molecule has 15 heavy (non-hydrogen) atoms. The van der Waals surface area contributed by atoms with E-state index in [4.69, 9.17) is 11.6 Å². The molecule has 6 nitrogen and oxygen atoms in total. The first-order chi connectivity index (χ1) is 7.16. The lowest BCUT2D eigenvalue weighted by molar-refractivity contribution is 0.102. The standard InChI is InChI=1S/C8H7ClN4O2/c1-13-4-5(9)7(11-13)8(14)10-6-2-3-15-12-6/h2-4H,1H3,(H,10,12,14). The molecule has 0 unspecified atom stereocenters. The lowest BCUT2D eigenvalue weighted by Gasteiger charge is -1.96. The van der Waals surface area contributed by atoms with Crippen LogP contribution in [0, 0.1) is 0 Å². The van der Waals surface area contributed by atoms with E-state index >= 15 is 0 Å². The third-order valence-electron chi connectivity index (χ3n) is 1.68. The van der Waals surface area contributed by atoms with Crippen LogP contribution >= 0.6 is 11.6 Å². The van der Waals surface area contributed by atoms with Gasteiger partial charge in [-0.1, -0.05) is 16.8 Å². The van der Waals surface area contributed by atoms with Gasteiger partial charge in [-0.15, -0.1) is 0 Å². The lowest BCUT2D eigenvalue weighted by Crippen LogP contribution is -2.13. The number of halogens is 1. The minimum Gasteiger partial charge on any atom is -0.363 e. The summed E-state index contributed by atoms with van der Waals surface area (Å²) in [6, 6.07) is 1.52. The van der Waals surface area contributed by atoms with Gasteiger partial charge in [0.2, 0.25) is 0 Å². The highest BCUT2D eigenvalue weighted by molar-refractivity contribution is 6.34. The molecule has 2 aromatic rings. The summed E-state index contributed by atoms with van der Waals surface area (Å²) >= 11 is 5.79. The van der Waals surface area contributed by atoms with Gasteiger partial charge in [-0.25, -0.2) is 0 Å². The predicted molar refractivity (Wildman–Crippen MR) is 52.7 cm³/mol. The zero-order valence-electron chi connectivity index (χ0n) is 7.77. The van der Waals surface area contributed by atoms with Gasteiger partial charge in [-0.3, -0.25) is 9.48 Å². The summed E-state index contributed by atoms with van der Waals surface area (Å²) in [5.41, 5.74) is 0.155. The molecule has 0 spiro atoms. The smallest absolute Gasteiger partial charge is 0.278 e. The molecular formula is C8H7ClN4O2. The second kappa shape index (κ2) is 3.74. The van der Waals surface area contributed by atoms with Gasteiger partial charge in [0.25, 0.3) is 5.91 Å². The van der Waals surface area contributed by atoms with Crippen molar-refractivity contribution in [1.82, 2.24) is 14.9 Å². The number of aromatic nitrogens is 3. The topological polar surface area (TPSA) is 73.0 Å². The number of hydrogen-bond acceptors (Lipinski definition) is 4. The van der Waals surface area contributed by atoms with Crippen LogP contribution in [0.1, 0.15) is 10.5 Å². The van der Waals surface area contributed by atoms with E-state index in [1.165, 1.54) is 17.0 Å². The summed E-state index contributed by atoms with van der Waals surface area (Å²) in [4.78, 5) is 11.6. The van der Waals surface area contributed by atoms with Crippen molar-refractivity contribution in [2.24, 2.45) is 7.05 Å².